The van der Waals surface area contributed by atoms with Crippen molar-refractivity contribution in [2.24, 2.45) is 0 Å². The van der Waals surface area contributed by atoms with Crippen LogP contribution in [0.4, 0.5) is 4.39 Å². The summed E-state index contributed by atoms with van der Waals surface area (Å²) in [6, 6.07) is 21.8. The first-order valence-electron chi connectivity index (χ1n) is 10.9. The molecule has 0 saturated carbocycles. The highest BCUT2D eigenvalue weighted by Crippen LogP contribution is 2.31. The Kier molecular flexibility index (Phi) is 7.88. The molecule has 0 radical (unpaired) electrons. The number of hydrogen-bond donors (Lipinski definition) is 0. The standard InChI is InChI=1S/C28H29FO4/c1-5-32-23-14-12-21(13-15-23)28(2,3)19-22(29)17-20-11-16-25(27(30)31-4)26(18-20)33-24-9-7-6-8-10-24/h6-16,18-19H,5,17H2,1-4H3/b22-19-. The SMILES string of the molecule is CCOc1ccc(C(C)(C)/C=C(\F)Cc2ccc(C(=O)OC)c(Oc3ccccc3)c2)cc1. The molecule has 0 amide bonds. The minimum Gasteiger partial charge on any atom is -0.494 e. The molecule has 3 aromatic carbocycles. The Hall–Kier alpha value is -3.60. The number of ether oxygens (including phenoxy) is 3. The molecule has 3 rings (SSSR count). The molecule has 0 atom stereocenters. The van der Waals surface area contributed by atoms with Gasteiger partial charge in [-0.3, -0.25) is 0 Å². The van der Waals surface area contributed by atoms with Crippen LogP contribution in [0, 0.1) is 0 Å². The summed E-state index contributed by atoms with van der Waals surface area (Å²) in [7, 11) is 1.31. The average molecular weight is 449 g/mol. The molecule has 4 nitrogen and oxygen atoms in total. The topological polar surface area (TPSA) is 44.8 Å². The van der Waals surface area contributed by atoms with Crippen molar-refractivity contribution in [3.05, 3.63) is 101 Å². The maximum absolute atomic E-state index is 15.1. The lowest BCUT2D eigenvalue weighted by molar-refractivity contribution is 0.0598. The van der Waals surface area contributed by atoms with Gasteiger partial charge in [0.2, 0.25) is 0 Å². The van der Waals surface area contributed by atoms with Gasteiger partial charge in [0.05, 0.1) is 13.7 Å². The third-order valence-electron chi connectivity index (χ3n) is 5.22. The molecule has 0 bridgehead atoms. The fraction of sp³-hybridized carbons (Fsp3) is 0.250. The lowest BCUT2D eigenvalue weighted by atomic mass is 9.83. The zero-order chi connectivity index (χ0) is 23.8. The first-order chi connectivity index (χ1) is 15.8. The second-order valence-electron chi connectivity index (χ2n) is 8.18. The van der Waals surface area contributed by atoms with Crippen LogP contribution >= 0.6 is 0 Å². The van der Waals surface area contributed by atoms with Crippen LogP contribution in [-0.2, 0) is 16.6 Å². The summed E-state index contributed by atoms with van der Waals surface area (Å²) in [6.45, 7) is 6.46. The van der Waals surface area contributed by atoms with E-state index in [0.29, 0.717) is 23.7 Å². The maximum Gasteiger partial charge on any atom is 0.341 e. The van der Waals surface area contributed by atoms with Gasteiger partial charge in [-0.25, -0.2) is 9.18 Å². The van der Waals surface area contributed by atoms with Gasteiger partial charge in [0, 0.05) is 11.8 Å². The number of hydrogen-bond acceptors (Lipinski definition) is 4. The smallest absolute Gasteiger partial charge is 0.341 e. The van der Waals surface area contributed by atoms with Crippen LogP contribution < -0.4 is 9.47 Å². The van der Waals surface area contributed by atoms with Gasteiger partial charge in [-0.05, 0) is 60.5 Å². The molecule has 0 saturated heterocycles. The highest BCUT2D eigenvalue weighted by Gasteiger charge is 2.20. The van der Waals surface area contributed by atoms with Crippen LogP contribution in [0.25, 0.3) is 0 Å². The molecule has 0 fully saturated rings. The van der Waals surface area contributed by atoms with Gasteiger partial charge >= 0.3 is 5.97 Å². The highest BCUT2D eigenvalue weighted by atomic mass is 19.1. The lowest BCUT2D eigenvalue weighted by Crippen LogP contribution is -2.14. The van der Waals surface area contributed by atoms with Crippen LogP contribution in [0.5, 0.6) is 17.2 Å². The first kappa shape index (κ1) is 24.1. The van der Waals surface area contributed by atoms with E-state index in [0.717, 1.165) is 11.3 Å². The molecule has 0 heterocycles. The molecule has 0 aliphatic heterocycles. The van der Waals surface area contributed by atoms with Crippen molar-refractivity contribution in [2.75, 3.05) is 13.7 Å². The number of allylic oxidation sites excluding steroid dienone is 2. The third-order valence-corrected chi connectivity index (χ3v) is 5.22. The van der Waals surface area contributed by atoms with Crippen molar-refractivity contribution in [1.82, 2.24) is 0 Å². The fourth-order valence-corrected chi connectivity index (χ4v) is 3.52. The van der Waals surface area contributed by atoms with Crippen molar-refractivity contribution in [3.63, 3.8) is 0 Å². The number of benzene rings is 3. The van der Waals surface area contributed by atoms with Gasteiger partial charge in [0.1, 0.15) is 28.6 Å². The van der Waals surface area contributed by atoms with E-state index < -0.39 is 11.4 Å². The summed E-state index contributed by atoms with van der Waals surface area (Å²) in [5.74, 6) is 0.903. The second kappa shape index (κ2) is 10.8. The van der Waals surface area contributed by atoms with E-state index in [9.17, 15) is 4.79 Å². The van der Waals surface area contributed by atoms with E-state index in [1.807, 2.05) is 63.2 Å². The number of halogens is 1. The first-order valence-corrected chi connectivity index (χ1v) is 10.9. The lowest BCUT2D eigenvalue weighted by Gasteiger charge is -2.22. The quantitative estimate of drug-likeness (QED) is 0.329. The van der Waals surface area contributed by atoms with Gasteiger partial charge in [-0.2, -0.15) is 0 Å². The molecule has 0 N–H and O–H groups in total. The number of rotatable bonds is 9. The number of carbonyl (C=O) groups excluding carboxylic acids is 1. The van der Waals surface area contributed by atoms with E-state index >= 15 is 4.39 Å². The van der Waals surface area contributed by atoms with E-state index in [1.54, 1.807) is 36.4 Å². The Morgan fingerprint density at radius 3 is 2.30 bits per heavy atom. The third kappa shape index (κ3) is 6.45. The van der Waals surface area contributed by atoms with Crippen molar-refractivity contribution < 1.29 is 23.4 Å². The molecular weight excluding hydrogens is 419 g/mol. The van der Waals surface area contributed by atoms with E-state index in [-0.39, 0.29) is 17.8 Å². The van der Waals surface area contributed by atoms with Crippen LogP contribution in [0.1, 0.15) is 42.3 Å². The second-order valence-corrected chi connectivity index (χ2v) is 8.18. The number of carbonyl (C=O) groups is 1. The Balaban J connectivity index is 1.83. The summed E-state index contributed by atoms with van der Waals surface area (Å²) in [6.07, 6.45) is 1.70. The number of para-hydroxylation sites is 1. The predicted octanol–water partition coefficient (Wildman–Crippen LogP) is 7.04. The zero-order valence-corrected chi connectivity index (χ0v) is 19.4. The fourth-order valence-electron chi connectivity index (χ4n) is 3.52. The van der Waals surface area contributed by atoms with Gasteiger partial charge in [-0.15, -0.1) is 0 Å². The summed E-state index contributed by atoms with van der Waals surface area (Å²) < 4.78 is 31.3. The predicted molar refractivity (Wildman–Crippen MR) is 128 cm³/mol. The van der Waals surface area contributed by atoms with Crippen molar-refractivity contribution in [1.29, 1.82) is 0 Å². The summed E-state index contributed by atoms with van der Waals surface area (Å²) >= 11 is 0. The molecular formula is C28H29FO4. The summed E-state index contributed by atoms with van der Waals surface area (Å²) in [5, 5.41) is 0. The van der Waals surface area contributed by atoms with Crippen LogP contribution in [-0.4, -0.2) is 19.7 Å². The van der Waals surface area contributed by atoms with Crippen molar-refractivity contribution in [3.8, 4) is 17.2 Å². The minimum atomic E-state index is -0.514. The normalized spacial score (nSPS) is 11.7. The summed E-state index contributed by atoms with van der Waals surface area (Å²) in [5.41, 5.74) is 1.44. The van der Waals surface area contributed by atoms with Crippen LogP contribution in [0.3, 0.4) is 0 Å². The molecule has 33 heavy (non-hydrogen) atoms. The van der Waals surface area contributed by atoms with E-state index in [2.05, 4.69) is 0 Å². The highest BCUT2D eigenvalue weighted by molar-refractivity contribution is 5.92. The number of methoxy groups -OCH3 is 1. The molecule has 172 valence electrons. The molecule has 0 aliphatic carbocycles. The molecule has 3 aromatic rings. The summed E-state index contributed by atoms with van der Waals surface area (Å²) in [4.78, 5) is 12.2. The van der Waals surface area contributed by atoms with Gasteiger partial charge in [0.25, 0.3) is 0 Å². The van der Waals surface area contributed by atoms with Gasteiger partial charge < -0.3 is 14.2 Å². The van der Waals surface area contributed by atoms with Gasteiger partial charge in [0.15, 0.2) is 0 Å². The Morgan fingerprint density at radius 1 is 0.970 bits per heavy atom. The molecule has 0 spiro atoms. The van der Waals surface area contributed by atoms with Crippen LogP contribution in [0.15, 0.2) is 84.7 Å². The molecule has 0 unspecified atom stereocenters. The monoisotopic (exact) mass is 448 g/mol. The Morgan fingerprint density at radius 2 is 1.67 bits per heavy atom. The van der Waals surface area contributed by atoms with E-state index in [1.165, 1.54) is 7.11 Å². The zero-order valence-electron chi connectivity index (χ0n) is 19.4. The number of esters is 1. The Bertz CT molecular complexity index is 1100. The molecule has 0 aromatic heterocycles. The van der Waals surface area contributed by atoms with Crippen molar-refractivity contribution >= 4 is 5.97 Å². The molecule has 5 heteroatoms. The average Bonchev–Trinajstić information content (AvgIpc) is 2.79. The molecule has 0 aliphatic rings. The minimum absolute atomic E-state index is 0.0765. The van der Waals surface area contributed by atoms with Crippen LogP contribution in [0.2, 0.25) is 0 Å². The van der Waals surface area contributed by atoms with Gasteiger partial charge in [-0.1, -0.05) is 50.2 Å². The Labute approximate surface area is 194 Å². The van der Waals surface area contributed by atoms with Crippen molar-refractivity contribution in [2.45, 2.75) is 32.6 Å². The largest absolute Gasteiger partial charge is 0.494 e. The maximum atomic E-state index is 15.1. The van der Waals surface area contributed by atoms with E-state index in [4.69, 9.17) is 14.2 Å².